The van der Waals surface area contributed by atoms with Crippen LogP contribution in [0.5, 0.6) is 0 Å². The van der Waals surface area contributed by atoms with Crippen LogP contribution in [0.2, 0.25) is 0 Å². The molecule has 0 atom stereocenters. The Kier molecular flexibility index (Phi) is 8.34. The van der Waals surface area contributed by atoms with Crippen LogP contribution in [0, 0.1) is 18.3 Å². The molecule has 1 aliphatic rings. The van der Waals surface area contributed by atoms with Gasteiger partial charge in [0.2, 0.25) is 0 Å². The molecule has 1 aliphatic heterocycles. The molecule has 0 N–H and O–H groups in total. The molecule has 0 amide bonds. The number of carbonyl (C=O) groups excluding carboxylic acids is 1. The van der Waals surface area contributed by atoms with Crippen molar-refractivity contribution in [2.45, 2.75) is 79.1 Å². The second kappa shape index (κ2) is 10.3. The summed E-state index contributed by atoms with van der Waals surface area (Å²) < 4.78 is 0. The molecule has 2 heteroatoms. The first-order valence-electron chi connectivity index (χ1n) is 10.8. The Morgan fingerprint density at radius 1 is 1.12 bits per heavy atom. The number of unbranched alkanes of at least 4 members (excludes halogenated alkanes) is 1. The van der Waals surface area contributed by atoms with Gasteiger partial charge in [-0.15, -0.1) is 0 Å². The lowest BCUT2D eigenvalue weighted by Crippen LogP contribution is -2.42. The molecular formula is C24H39NO. The average molecular weight is 358 g/mol. The molecule has 0 unspecified atom stereocenters. The molecule has 0 radical (unpaired) electrons. The van der Waals surface area contributed by atoms with Gasteiger partial charge < -0.3 is 4.90 Å². The number of nitrogens with zero attached hydrogens (tertiary/aromatic N) is 1. The standard InChI is InChI=1S/C24H39NO/c1-5-8-12-21-14-16-25(17-15-21)19-24(6-2,7-3)18-23(26)22-13-10-9-11-20(22)4/h9-11,13,21H,5-8,12,14-19H2,1-4H3. The summed E-state index contributed by atoms with van der Waals surface area (Å²) in [5, 5.41) is 0. The van der Waals surface area contributed by atoms with Crippen molar-refractivity contribution in [3.8, 4) is 0 Å². The quantitative estimate of drug-likeness (QED) is 0.459. The highest BCUT2D eigenvalue weighted by molar-refractivity contribution is 5.97. The van der Waals surface area contributed by atoms with Gasteiger partial charge in [0.05, 0.1) is 0 Å². The molecule has 2 nitrogen and oxygen atoms in total. The lowest BCUT2D eigenvalue weighted by atomic mass is 9.75. The number of hydrogen-bond acceptors (Lipinski definition) is 2. The minimum atomic E-state index is 0.121. The molecule has 1 aromatic rings. The van der Waals surface area contributed by atoms with E-state index in [4.69, 9.17) is 0 Å². The second-order valence-corrected chi connectivity index (χ2v) is 8.48. The highest BCUT2D eigenvalue weighted by Crippen LogP contribution is 2.35. The Morgan fingerprint density at radius 2 is 1.77 bits per heavy atom. The van der Waals surface area contributed by atoms with E-state index in [1.165, 1.54) is 45.2 Å². The number of aryl methyl sites for hydroxylation is 1. The molecule has 26 heavy (non-hydrogen) atoms. The second-order valence-electron chi connectivity index (χ2n) is 8.48. The molecular weight excluding hydrogens is 318 g/mol. The summed E-state index contributed by atoms with van der Waals surface area (Å²) >= 11 is 0. The Labute approximate surface area is 161 Å². The van der Waals surface area contributed by atoms with E-state index in [0.29, 0.717) is 12.2 Å². The zero-order valence-corrected chi connectivity index (χ0v) is 17.5. The summed E-state index contributed by atoms with van der Waals surface area (Å²) in [7, 11) is 0. The van der Waals surface area contributed by atoms with Gasteiger partial charge in [-0.3, -0.25) is 4.79 Å². The van der Waals surface area contributed by atoms with E-state index in [2.05, 4.69) is 25.7 Å². The van der Waals surface area contributed by atoms with Crippen LogP contribution in [0.3, 0.4) is 0 Å². The fourth-order valence-corrected chi connectivity index (χ4v) is 4.50. The molecule has 146 valence electrons. The van der Waals surface area contributed by atoms with Gasteiger partial charge in [0.15, 0.2) is 5.78 Å². The maximum Gasteiger partial charge on any atom is 0.163 e. The van der Waals surface area contributed by atoms with Crippen molar-refractivity contribution < 1.29 is 4.79 Å². The molecule has 0 bridgehead atoms. The largest absolute Gasteiger partial charge is 0.303 e. The molecule has 0 spiro atoms. The Balaban J connectivity index is 1.97. The predicted octanol–water partition coefficient (Wildman–Crippen LogP) is 6.28. The van der Waals surface area contributed by atoms with Crippen molar-refractivity contribution >= 4 is 5.78 Å². The third kappa shape index (κ3) is 5.67. The first kappa shape index (κ1) is 21.2. The first-order chi connectivity index (χ1) is 12.5. The van der Waals surface area contributed by atoms with Crippen LogP contribution in [0.4, 0.5) is 0 Å². The van der Waals surface area contributed by atoms with Crippen molar-refractivity contribution in [1.82, 2.24) is 4.90 Å². The summed E-state index contributed by atoms with van der Waals surface area (Å²) in [6, 6.07) is 8.05. The van der Waals surface area contributed by atoms with Gasteiger partial charge in [0.1, 0.15) is 0 Å². The Bertz CT molecular complexity index is 553. The van der Waals surface area contributed by atoms with Crippen LogP contribution in [0.15, 0.2) is 24.3 Å². The van der Waals surface area contributed by atoms with Crippen LogP contribution in [-0.4, -0.2) is 30.3 Å². The van der Waals surface area contributed by atoms with Crippen molar-refractivity contribution in [2.24, 2.45) is 11.3 Å². The third-order valence-electron chi connectivity index (χ3n) is 6.71. The Morgan fingerprint density at radius 3 is 2.35 bits per heavy atom. The topological polar surface area (TPSA) is 20.3 Å². The SMILES string of the molecule is CCCCC1CCN(CC(CC)(CC)CC(=O)c2ccccc2C)CC1. The maximum atomic E-state index is 13.0. The van der Waals surface area contributed by atoms with Crippen molar-refractivity contribution in [2.75, 3.05) is 19.6 Å². The number of likely N-dealkylation sites (tertiary alicyclic amines) is 1. The van der Waals surface area contributed by atoms with Crippen molar-refractivity contribution in [1.29, 1.82) is 0 Å². The Hall–Kier alpha value is -1.15. The summed E-state index contributed by atoms with van der Waals surface area (Å²) in [5.74, 6) is 1.25. The zero-order valence-electron chi connectivity index (χ0n) is 17.5. The minimum absolute atomic E-state index is 0.121. The lowest BCUT2D eigenvalue weighted by Gasteiger charge is -2.40. The number of benzene rings is 1. The normalized spacial score (nSPS) is 16.8. The van der Waals surface area contributed by atoms with Gasteiger partial charge >= 0.3 is 0 Å². The van der Waals surface area contributed by atoms with E-state index < -0.39 is 0 Å². The van der Waals surface area contributed by atoms with Crippen LogP contribution < -0.4 is 0 Å². The monoisotopic (exact) mass is 357 g/mol. The van der Waals surface area contributed by atoms with E-state index >= 15 is 0 Å². The molecule has 1 heterocycles. The number of piperidine rings is 1. The lowest BCUT2D eigenvalue weighted by molar-refractivity contribution is 0.0729. The van der Waals surface area contributed by atoms with E-state index in [1.807, 2.05) is 31.2 Å². The van der Waals surface area contributed by atoms with Gasteiger partial charge in [-0.05, 0) is 62.6 Å². The van der Waals surface area contributed by atoms with Gasteiger partial charge in [0.25, 0.3) is 0 Å². The fraction of sp³-hybridized carbons (Fsp3) is 0.708. The summed E-state index contributed by atoms with van der Waals surface area (Å²) in [4.78, 5) is 15.6. The van der Waals surface area contributed by atoms with Crippen LogP contribution >= 0.6 is 0 Å². The van der Waals surface area contributed by atoms with E-state index in [0.717, 1.165) is 36.4 Å². The van der Waals surface area contributed by atoms with Gasteiger partial charge in [-0.25, -0.2) is 0 Å². The zero-order chi connectivity index (χ0) is 19.0. The van der Waals surface area contributed by atoms with Crippen molar-refractivity contribution in [3.05, 3.63) is 35.4 Å². The fourth-order valence-electron chi connectivity index (χ4n) is 4.50. The summed E-state index contributed by atoms with van der Waals surface area (Å²) in [6.45, 7) is 12.4. The van der Waals surface area contributed by atoms with Gasteiger partial charge in [-0.2, -0.15) is 0 Å². The van der Waals surface area contributed by atoms with E-state index in [9.17, 15) is 4.79 Å². The predicted molar refractivity (Wildman–Crippen MR) is 112 cm³/mol. The number of Topliss-reactive ketones (excluding diaryl/α,β-unsaturated/α-hetero) is 1. The number of ketones is 1. The molecule has 0 aromatic heterocycles. The highest BCUT2D eigenvalue weighted by atomic mass is 16.1. The van der Waals surface area contributed by atoms with Crippen LogP contribution in [0.25, 0.3) is 0 Å². The van der Waals surface area contributed by atoms with E-state index in [-0.39, 0.29) is 5.41 Å². The minimum Gasteiger partial charge on any atom is -0.303 e. The van der Waals surface area contributed by atoms with Gasteiger partial charge in [-0.1, -0.05) is 64.3 Å². The van der Waals surface area contributed by atoms with E-state index in [1.54, 1.807) is 0 Å². The smallest absolute Gasteiger partial charge is 0.163 e. The summed E-state index contributed by atoms with van der Waals surface area (Å²) in [5.41, 5.74) is 2.14. The van der Waals surface area contributed by atoms with Crippen LogP contribution in [0.1, 0.15) is 88.1 Å². The number of carbonyl (C=O) groups is 1. The number of rotatable bonds is 10. The summed E-state index contributed by atoms with van der Waals surface area (Å²) in [6.07, 6.45) is 9.63. The van der Waals surface area contributed by atoms with Crippen molar-refractivity contribution in [3.63, 3.8) is 0 Å². The average Bonchev–Trinajstić information content (AvgIpc) is 2.67. The maximum absolute atomic E-state index is 13.0. The van der Waals surface area contributed by atoms with Crippen LogP contribution in [-0.2, 0) is 0 Å². The van der Waals surface area contributed by atoms with Gasteiger partial charge in [0, 0.05) is 18.5 Å². The highest BCUT2D eigenvalue weighted by Gasteiger charge is 2.33. The third-order valence-corrected chi connectivity index (χ3v) is 6.71. The molecule has 1 aromatic carbocycles. The molecule has 1 fully saturated rings. The first-order valence-corrected chi connectivity index (χ1v) is 10.8. The molecule has 1 saturated heterocycles. The molecule has 0 saturated carbocycles. The molecule has 0 aliphatic carbocycles. The number of hydrogen-bond donors (Lipinski definition) is 0. The molecule has 2 rings (SSSR count).